The van der Waals surface area contributed by atoms with Crippen molar-refractivity contribution in [2.45, 2.75) is 26.7 Å². The van der Waals surface area contributed by atoms with Gasteiger partial charge < -0.3 is 4.89 Å². The summed E-state index contributed by atoms with van der Waals surface area (Å²) in [6.07, 6.45) is 1.57. The molecular formula is C8H18NO4P. The van der Waals surface area contributed by atoms with Gasteiger partial charge in [-0.15, -0.1) is 0 Å². The van der Waals surface area contributed by atoms with E-state index in [-0.39, 0.29) is 12.1 Å². The molecule has 0 aliphatic rings. The van der Waals surface area contributed by atoms with Crippen LogP contribution in [0.5, 0.6) is 0 Å². The molecule has 1 atom stereocenters. The maximum atomic E-state index is 11.0. The molecule has 1 amide bonds. The van der Waals surface area contributed by atoms with Gasteiger partial charge in [0.2, 0.25) is 5.91 Å². The highest BCUT2D eigenvalue weighted by Crippen LogP contribution is 2.13. The molecule has 0 aromatic rings. The van der Waals surface area contributed by atoms with Crippen molar-refractivity contribution in [3.8, 4) is 0 Å². The number of hydrogen-bond donors (Lipinski definition) is 1. The predicted molar refractivity (Wildman–Crippen MR) is 54.3 cm³/mol. The molecule has 0 saturated carbocycles. The molecule has 6 heteroatoms. The first-order chi connectivity index (χ1) is 6.57. The summed E-state index contributed by atoms with van der Waals surface area (Å²) >= 11 is 0. The van der Waals surface area contributed by atoms with Gasteiger partial charge in [-0.3, -0.25) is 14.2 Å². The van der Waals surface area contributed by atoms with Crippen LogP contribution in [0, 0.1) is 0 Å². The van der Waals surface area contributed by atoms with Crippen LogP contribution in [-0.4, -0.2) is 35.2 Å². The Morgan fingerprint density at radius 1 is 1.57 bits per heavy atom. The number of carbonyl (C=O) groups is 1. The van der Waals surface area contributed by atoms with Crippen LogP contribution in [0.1, 0.15) is 26.7 Å². The third-order valence-electron chi connectivity index (χ3n) is 1.55. The van der Waals surface area contributed by atoms with Crippen molar-refractivity contribution in [2.24, 2.45) is 0 Å². The van der Waals surface area contributed by atoms with Crippen LogP contribution in [0.4, 0.5) is 0 Å². The van der Waals surface area contributed by atoms with Gasteiger partial charge in [0.1, 0.15) is 0 Å². The molecule has 0 fully saturated rings. The lowest BCUT2D eigenvalue weighted by Gasteiger charge is -2.19. The average Bonchev–Trinajstić information content (AvgIpc) is 2.09. The van der Waals surface area contributed by atoms with Crippen molar-refractivity contribution in [3.63, 3.8) is 0 Å². The van der Waals surface area contributed by atoms with Gasteiger partial charge in [-0.2, -0.15) is 0 Å². The molecule has 0 aliphatic carbocycles. The second kappa shape index (κ2) is 7.97. The van der Waals surface area contributed by atoms with E-state index in [0.717, 1.165) is 6.42 Å². The van der Waals surface area contributed by atoms with E-state index >= 15 is 0 Å². The molecule has 0 rings (SSSR count). The molecule has 0 saturated heterocycles. The summed E-state index contributed by atoms with van der Waals surface area (Å²) < 4.78 is 10.4. The second-order valence-corrected chi connectivity index (χ2v) is 4.24. The first kappa shape index (κ1) is 13.6. The number of nitrogens with zero attached hydrogens (tertiary/aromatic N) is 1. The zero-order valence-electron chi connectivity index (χ0n) is 8.65. The molecule has 1 unspecified atom stereocenters. The van der Waals surface area contributed by atoms with Gasteiger partial charge in [-0.1, -0.05) is 6.92 Å². The summed E-state index contributed by atoms with van der Waals surface area (Å²) in [5, 5.41) is 1.24. The maximum Gasteiger partial charge on any atom is 0.242 e. The topological polar surface area (TPSA) is 66.8 Å². The molecule has 14 heavy (non-hydrogen) atoms. The van der Waals surface area contributed by atoms with Crippen molar-refractivity contribution >= 4 is 13.9 Å². The van der Waals surface area contributed by atoms with Crippen molar-refractivity contribution < 1.29 is 19.1 Å². The van der Waals surface area contributed by atoms with Gasteiger partial charge in [0.15, 0.2) is 8.03 Å². The summed E-state index contributed by atoms with van der Waals surface area (Å²) in [5.41, 5.74) is 0. The van der Waals surface area contributed by atoms with Crippen LogP contribution in [0.3, 0.4) is 0 Å². The Balaban J connectivity index is 3.73. The molecular weight excluding hydrogens is 205 g/mol. The van der Waals surface area contributed by atoms with Gasteiger partial charge in [0.05, 0.1) is 6.61 Å². The summed E-state index contributed by atoms with van der Waals surface area (Å²) in [6, 6.07) is 0. The number of hydrogen-bond acceptors (Lipinski definition) is 3. The third-order valence-corrected chi connectivity index (χ3v) is 2.34. The summed E-state index contributed by atoms with van der Waals surface area (Å²) in [5.74, 6) is -0.170. The monoisotopic (exact) mass is 223 g/mol. The second-order valence-electron chi connectivity index (χ2n) is 2.95. The fraction of sp³-hybridized carbons (Fsp3) is 0.875. The maximum absolute atomic E-state index is 11.0. The highest BCUT2D eigenvalue weighted by atomic mass is 31.1. The minimum Gasteiger partial charge on any atom is -0.346 e. The van der Waals surface area contributed by atoms with Crippen LogP contribution >= 0.6 is 8.03 Å². The van der Waals surface area contributed by atoms with Crippen molar-refractivity contribution in [1.82, 2.24) is 5.06 Å². The van der Waals surface area contributed by atoms with Crippen LogP contribution < -0.4 is 0 Å². The largest absolute Gasteiger partial charge is 0.346 e. The zero-order valence-corrected chi connectivity index (χ0v) is 9.65. The molecule has 0 aliphatic heterocycles. The van der Waals surface area contributed by atoms with Crippen LogP contribution in [0.25, 0.3) is 0 Å². The van der Waals surface area contributed by atoms with E-state index in [1.807, 2.05) is 6.92 Å². The molecule has 0 aromatic carbocycles. The van der Waals surface area contributed by atoms with E-state index < -0.39 is 8.03 Å². The Morgan fingerprint density at radius 2 is 2.21 bits per heavy atom. The molecule has 5 nitrogen and oxygen atoms in total. The van der Waals surface area contributed by atoms with Crippen molar-refractivity contribution in [2.75, 3.05) is 19.3 Å². The molecule has 84 valence electrons. The predicted octanol–water partition coefficient (Wildman–Crippen LogP) is 1.03. The minimum atomic E-state index is -2.42. The number of hydroxylamine groups is 2. The van der Waals surface area contributed by atoms with Gasteiger partial charge >= 0.3 is 0 Å². The third kappa shape index (κ3) is 7.06. The number of amides is 1. The molecule has 0 spiro atoms. The first-order valence-corrected chi connectivity index (χ1v) is 6.27. The van der Waals surface area contributed by atoms with Gasteiger partial charge in [0.25, 0.3) is 0 Å². The average molecular weight is 223 g/mol. The lowest BCUT2D eigenvalue weighted by atomic mass is 10.4. The molecule has 0 bridgehead atoms. The lowest BCUT2D eigenvalue weighted by molar-refractivity contribution is -0.184. The Labute approximate surface area is 84.9 Å². The highest BCUT2D eigenvalue weighted by molar-refractivity contribution is 7.37. The van der Waals surface area contributed by atoms with E-state index in [2.05, 4.69) is 0 Å². The van der Waals surface area contributed by atoms with E-state index in [1.165, 1.54) is 12.0 Å². The van der Waals surface area contributed by atoms with Crippen molar-refractivity contribution in [1.29, 1.82) is 0 Å². The standard InChI is InChI=1S/C8H18NO4P/c1-3-6-13-9(8(2)10)5-4-7-14(11)12/h14H,3-7H2,1-2H3,(H,11,12). The summed E-state index contributed by atoms with van der Waals surface area (Å²) in [7, 11) is -2.42. The van der Waals surface area contributed by atoms with Crippen LogP contribution in [0.2, 0.25) is 0 Å². The molecule has 0 heterocycles. The van der Waals surface area contributed by atoms with E-state index in [1.54, 1.807) is 0 Å². The highest BCUT2D eigenvalue weighted by Gasteiger charge is 2.08. The lowest BCUT2D eigenvalue weighted by Crippen LogP contribution is -2.30. The Kier molecular flexibility index (Phi) is 7.76. The quantitative estimate of drug-likeness (QED) is 0.517. The molecule has 0 aromatic heterocycles. The smallest absolute Gasteiger partial charge is 0.242 e. The van der Waals surface area contributed by atoms with Crippen molar-refractivity contribution in [3.05, 3.63) is 0 Å². The number of rotatable bonds is 7. The van der Waals surface area contributed by atoms with E-state index in [4.69, 9.17) is 9.73 Å². The fourth-order valence-electron chi connectivity index (χ4n) is 0.888. The van der Waals surface area contributed by atoms with Gasteiger partial charge in [-0.05, 0) is 12.8 Å². The van der Waals surface area contributed by atoms with Crippen LogP contribution in [-0.2, 0) is 14.2 Å². The summed E-state index contributed by atoms with van der Waals surface area (Å²) in [4.78, 5) is 24.7. The molecule has 1 N–H and O–H groups in total. The van der Waals surface area contributed by atoms with Crippen LogP contribution in [0.15, 0.2) is 0 Å². The Morgan fingerprint density at radius 3 is 2.64 bits per heavy atom. The van der Waals surface area contributed by atoms with Gasteiger partial charge in [-0.25, -0.2) is 5.06 Å². The van der Waals surface area contributed by atoms with E-state index in [0.29, 0.717) is 19.6 Å². The van der Waals surface area contributed by atoms with Gasteiger partial charge in [0, 0.05) is 19.6 Å². The van der Waals surface area contributed by atoms with E-state index in [9.17, 15) is 9.36 Å². The Bertz CT molecular complexity index is 198. The number of carbonyl (C=O) groups excluding carboxylic acids is 1. The minimum absolute atomic E-state index is 0.170. The normalized spacial score (nSPS) is 12.5. The molecule has 0 radical (unpaired) electrons. The summed E-state index contributed by atoms with van der Waals surface area (Å²) in [6.45, 7) is 4.24. The SMILES string of the molecule is CCCON(CCC[PH](=O)O)C(C)=O. The fourth-order valence-corrected chi connectivity index (χ4v) is 1.35. The Hall–Kier alpha value is -0.380. The zero-order chi connectivity index (χ0) is 11.0. The first-order valence-electron chi connectivity index (χ1n) is 4.70.